The molecule has 0 spiro atoms. The quantitative estimate of drug-likeness (QED) is 0.679. The van der Waals surface area contributed by atoms with E-state index in [9.17, 15) is 14.9 Å². The Bertz CT molecular complexity index is 576. The summed E-state index contributed by atoms with van der Waals surface area (Å²) in [6.45, 7) is 0. The Morgan fingerprint density at radius 3 is 2.75 bits per heavy atom. The van der Waals surface area contributed by atoms with E-state index in [1.807, 2.05) is 0 Å². The molecule has 2 fully saturated rings. The highest BCUT2D eigenvalue weighted by Crippen LogP contribution is 2.44. The van der Waals surface area contributed by atoms with Crippen molar-refractivity contribution in [3.8, 4) is 0 Å². The van der Waals surface area contributed by atoms with Crippen LogP contribution in [0.1, 0.15) is 36.0 Å². The summed E-state index contributed by atoms with van der Waals surface area (Å²) in [5.74, 6) is 1.11. The van der Waals surface area contributed by atoms with Gasteiger partial charge in [-0.3, -0.25) is 14.9 Å². The summed E-state index contributed by atoms with van der Waals surface area (Å²) in [5, 5.41) is 13.8. The average molecular weight is 339 g/mol. The van der Waals surface area contributed by atoms with E-state index in [2.05, 4.69) is 21.2 Å². The molecule has 2 saturated carbocycles. The molecular weight excluding hydrogens is 324 g/mol. The maximum Gasteiger partial charge on any atom is 0.270 e. The second-order valence-corrected chi connectivity index (χ2v) is 6.53. The highest BCUT2D eigenvalue weighted by molar-refractivity contribution is 9.10. The maximum absolute atomic E-state index is 12.3. The summed E-state index contributed by atoms with van der Waals surface area (Å²) in [5.41, 5.74) is 0.272. The van der Waals surface area contributed by atoms with Gasteiger partial charge in [0, 0.05) is 22.6 Å². The number of nitrogens with zero attached hydrogens (tertiary/aromatic N) is 1. The summed E-state index contributed by atoms with van der Waals surface area (Å²) >= 11 is 3.29. The minimum Gasteiger partial charge on any atom is -0.349 e. The summed E-state index contributed by atoms with van der Waals surface area (Å²) in [6, 6.07) is 4.49. The zero-order valence-corrected chi connectivity index (χ0v) is 12.4. The Kier molecular flexibility index (Phi) is 3.50. The number of carbonyl (C=O) groups excluding carboxylic acids is 1. The molecule has 0 radical (unpaired) electrons. The van der Waals surface area contributed by atoms with Gasteiger partial charge in [-0.05, 0) is 53.1 Å². The number of nitro benzene ring substituents is 1. The van der Waals surface area contributed by atoms with E-state index in [4.69, 9.17) is 0 Å². The second kappa shape index (κ2) is 5.16. The number of rotatable bonds is 3. The summed E-state index contributed by atoms with van der Waals surface area (Å²) in [7, 11) is 0. The lowest BCUT2D eigenvalue weighted by molar-refractivity contribution is -0.384. The summed E-state index contributed by atoms with van der Waals surface area (Å²) in [6.07, 6.45) is 4.72. The van der Waals surface area contributed by atoms with Crippen molar-refractivity contribution in [3.63, 3.8) is 0 Å². The van der Waals surface area contributed by atoms with Crippen molar-refractivity contribution in [2.24, 2.45) is 11.8 Å². The highest BCUT2D eigenvalue weighted by atomic mass is 79.9. The Morgan fingerprint density at radius 1 is 1.35 bits per heavy atom. The van der Waals surface area contributed by atoms with Crippen LogP contribution in [0.15, 0.2) is 22.7 Å². The van der Waals surface area contributed by atoms with Gasteiger partial charge in [0.1, 0.15) is 0 Å². The predicted octanol–water partition coefficient (Wildman–Crippen LogP) is 3.28. The van der Waals surface area contributed by atoms with Crippen molar-refractivity contribution < 1.29 is 9.72 Å². The average Bonchev–Trinajstić information content (AvgIpc) is 3.01. The molecule has 3 unspecified atom stereocenters. The standard InChI is InChI=1S/C14H15BrN2O3/c15-12-4-3-10(17(19)20)7-11(12)14(18)16-13-6-8-1-2-9(13)5-8/h3-4,7-9,13H,1-2,5-6H2,(H,16,18). The maximum atomic E-state index is 12.3. The van der Waals surface area contributed by atoms with Crippen molar-refractivity contribution in [2.45, 2.75) is 31.7 Å². The number of benzene rings is 1. The highest BCUT2D eigenvalue weighted by Gasteiger charge is 2.40. The molecular formula is C14H15BrN2O3. The Labute approximate surface area is 125 Å². The Balaban J connectivity index is 1.76. The fraction of sp³-hybridized carbons (Fsp3) is 0.500. The molecule has 5 nitrogen and oxygen atoms in total. The van der Waals surface area contributed by atoms with Gasteiger partial charge in [0.05, 0.1) is 10.5 Å². The lowest BCUT2D eigenvalue weighted by atomic mass is 9.95. The van der Waals surface area contributed by atoms with Crippen molar-refractivity contribution in [3.05, 3.63) is 38.3 Å². The molecule has 2 aliphatic rings. The fourth-order valence-corrected chi connectivity index (χ4v) is 3.90. The third kappa shape index (κ3) is 2.44. The van der Waals surface area contributed by atoms with Crippen LogP contribution in [0.5, 0.6) is 0 Å². The first-order chi connectivity index (χ1) is 9.54. The molecule has 20 heavy (non-hydrogen) atoms. The lowest BCUT2D eigenvalue weighted by Gasteiger charge is -2.23. The minimum atomic E-state index is -0.485. The van der Waals surface area contributed by atoms with E-state index in [-0.39, 0.29) is 17.6 Å². The zero-order valence-electron chi connectivity index (χ0n) is 10.8. The van der Waals surface area contributed by atoms with Crippen LogP contribution in [0.3, 0.4) is 0 Å². The van der Waals surface area contributed by atoms with Crippen molar-refractivity contribution in [1.82, 2.24) is 5.32 Å². The van der Waals surface area contributed by atoms with Gasteiger partial charge in [0.2, 0.25) is 0 Å². The van der Waals surface area contributed by atoms with Crippen LogP contribution in [-0.4, -0.2) is 16.9 Å². The molecule has 6 heteroatoms. The molecule has 0 aromatic heterocycles. The Hall–Kier alpha value is -1.43. The Morgan fingerprint density at radius 2 is 2.15 bits per heavy atom. The van der Waals surface area contributed by atoms with Crippen LogP contribution in [-0.2, 0) is 0 Å². The molecule has 2 aliphatic carbocycles. The number of hydrogen-bond donors (Lipinski definition) is 1. The van der Waals surface area contributed by atoms with E-state index in [1.165, 1.54) is 31.4 Å². The topological polar surface area (TPSA) is 72.2 Å². The first-order valence-corrected chi connectivity index (χ1v) is 7.58. The van der Waals surface area contributed by atoms with Gasteiger partial charge in [0.25, 0.3) is 11.6 Å². The van der Waals surface area contributed by atoms with Crippen molar-refractivity contribution >= 4 is 27.5 Å². The summed E-state index contributed by atoms with van der Waals surface area (Å²) < 4.78 is 0.587. The molecule has 1 aromatic carbocycles. The monoisotopic (exact) mass is 338 g/mol. The second-order valence-electron chi connectivity index (χ2n) is 5.68. The van der Waals surface area contributed by atoms with E-state index in [1.54, 1.807) is 6.07 Å². The third-order valence-corrected chi connectivity index (χ3v) is 5.15. The SMILES string of the molecule is O=C(NC1CC2CCC1C2)c1cc([N+](=O)[O-])ccc1Br. The van der Waals surface area contributed by atoms with Crippen LogP contribution < -0.4 is 5.32 Å². The first kappa shape index (κ1) is 13.5. The first-order valence-electron chi connectivity index (χ1n) is 6.79. The fourth-order valence-electron chi connectivity index (χ4n) is 3.47. The number of hydrogen-bond acceptors (Lipinski definition) is 3. The molecule has 2 bridgehead atoms. The van der Waals surface area contributed by atoms with Gasteiger partial charge in [-0.2, -0.15) is 0 Å². The van der Waals surface area contributed by atoms with Crippen LogP contribution in [0.25, 0.3) is 0 Å². The lowest BCUT2D eigenvalue weighted by Crippen LogP contribution is -2.38. The normalized spacial score (nSPS) is 27.6. The molecule has 106 valence electrons. The predicted molar refractivity (Wildman–Crippen MR) is 77.5 cm³/mol. The van der Waals surface area contributed by atoms with E-state index < -0.39 is 4.92 Å². The largest absolute Gasteiger partial charge is 0.349 e. The van der Waals surface area contributed by atoms with Gasteiger partial charge >= 0.3 is 0 Å². The number of fused-ring (bicyclic) bond motifs is 2. The number of nitro groups is 1. The minimum absolute atomic E-state index is 0.0636. The number of amides is 1. The molecule has 0 saturated heterocycles. The van der Waals surface area contributed by atoms with Crippen LogP contribution in [0.4, 0.5) is 5.69 Å². The molecule has 0 heterocycles. The van der Waals surface area contributed by atoms with E-state index in [0.717, 1.165) is 12.3 Å². The van der Waals surface area contributed by atoms with Crippen LogP contribution in [0.2, 0.25) is 0 Å². The van der Waals surface area contributed by atoms with Crippen LogP contribution >= 0.6 is 15.9 Å². The smallest absolute Gasteiger partial charge is 0.270 e. The van der Waals surface area contributed by atoms with E-state index in [0.29, 0.717) is 16.0 Å². The summed E-state index contributed by atoms with van der Waals surface area (Å²) in [4.78, 5) is 22.6. The van der Waals surface area contributed by atoms with Gasteiger partial charge < -0.3 is 5.32 Å². The number of halogens is 1. The molecule has 1 amide bonds. The van der Waals surface area contributed by atoms with Gasteiger partial charge in [-0.15, -0.1) is 0 Å². The number of non-ortho nitro benzene ring substituents is 1. The van der Waals surface area contributed by atoms with Crippen LogP contribution in [0, 0.1) is 22.0 Å². The molecule has 3 rings (SSSR count). The number of carbonyl (C=O) groups is 1. The van der Waals surface area contributed by atoms with Gasteiger partial charge in [-0.1, -0.05) is 6.42 Å². The van der Waals surface area contributed by atoms with Crippen molar-refractivity contribution in [1.29, 1.82) is 0 Å². The number of nitrogens with one attached hydrogen (secondary N) is 1. The van der Waals surface area contributed by atoms with E-state index >= 15 is 0 Å². The van der Waals surface area contributed by atoms with Gasteiger partial charge in [0.15, 0.2) is 0 Å². The molecule has 0 aliphatic heterocycles. The molecule has 3 atom stereocenters. The van der Waals surface area contributed by atoms with Crippen molar-refractivity contribution in [2.75, 3.05) is 0 Å². The van der Waals surface area contributed by atoms with Gasteiger partial charge in [-0.25, -0.2) is 0 Å². The molecule has 1 N–H and O–H groups in total. The molecule has 1 aromatic rings. The third-order valence-electron chi connectivity index (χ3n) is 4.46. The zero-order chi connectivity index (χ0) is 14.3.